The topological polar surface area (TPSA) is 57.5 Å². The lowest BCUT2D eigenvalue weighted by Gasteiger charge is -2.05. The molecule has 1 aliphatic rings. The summed E-state index contributed by atoms with van der Waals surface area (Å²) >= 11 is 10.8. The number of alkyl halides is 5. The maximum Gasteiger partial charge on any atom is 0.419 e. The molecule has 1 unspecified atom stereocenters. The van der Waals surface area contributed by atoms with Crippen molar-refractivity contribution in [2.24, 2.45) is 5.92 Å². The van der Waals surface area contributed by atoms with Crippen LogP contribution in [0.15, 0.2) is 24.3 Å². The SMILES string of the molecule is CO.Fc1ccccc1C(F)(F)F.O=C(O)C1CC1(Cl)Cl. The molecule has 0 radical (unpaired) electrons. The van der Waals surface area contributed by atoms with Crippen molar-refractivity contribution < 1.29 is 32.6 Å². The normalized spacial score (nSPS) is 18.6. The number of carboxylic acid groups (broad SMARTS) is 1. The highest BCUT2D eigenvalue weighted by molar-refractivity contribution is 6.52. The first-order valence-electron chi connectivity index (χ1n) is 5.43. The van der Waals surface area contributed by atoms with Gasteiger partial charge in [-0.25, -0.2) is 4.39 Å². The van der Waals surface area contributed by atoms with Crippen LogP contribution >= 0.6 is 23.2 Å². The number of carbonyl (C=O) groups is 1. The Morgan fingerprint density at radius 3 is 1.90 bits per heavy atom. The Labute approximate surface area is 128 Å². The lowest BCUT2D eigenvalue weighted by atomic mass is 10.2. The summed E-state index contributed by atoms with van der Waals surface area (Å²) in [5.74, 6) is -2.68. The first kappa shape index (κ1) is 19.9. The van der Waals surface area contributed by atoms with Crippen LogP contribution < -0.4 is 0 Å². The molecule has 0 aliphatic heterocycles. The second-order valence-corrected chi connectivity index (χ2v) is 5.38. The molecule has 1 aromatic carbocycles. The highest BCUT2D eigenvalue weighted by Gasteiger charge is 2.56. The molecule has 2 rings (SSSR count). The van der Waals surface area contributed by atoms with E-state index in [9.17, 15) is 22.4 Å². The zero-order chi connectivity index (χ0) is 16.8. The van der Waals surface area contributed by atoms with Gasteiger partial charge in [-0.15, -0.1) is 23.2 Å². The monoisotopic (exact) mass is 350 g/mol. The summed E-state index contributed by atoms with van der Waals surface area (Å²) < 4.78 is 46.8. The summed E-state index contributed by atoms with van der Waals surface area (Å²) in [6.07, 6.45) is -4.21. The van der Waals surface area contributed by atoms with Gasteiger partial charge in [0.15, 0.2) is 0 Å². The lowest BCUT2D eigenvalue weighted by molar-refractivity contribution is -0.140. The van der Waals surface area contributed by atoms with E-state index < -0.39 is 33.8 Å². The molecule has 120 valence electrons. The third-order valence-electron chi connectivity index (χ3n) is 2.30. The van der Waals surface area contributed by atoms with E-state index in [1.807, 2.05) is 0 Å². The minimum atomic E-state index is -4.59. The van der Waals surface area contributed by atoms with E-state index in [1.165, 1.54) is 6.07 Å². The largest absolute Gasteiger partial charge is 0.481 e. The Morgan fingerprint density at radius 1 is 1.29 bits per heavy atom. The second-order valence-electron chi connectivity index (χ2n) is 3.83. The van der Waals surface area contributed by atoms with E-state index in [0.29, 0.717) is 12.5 Å². The maximum atomic E-state index is 12.4. The molecule has 1 aliphatic carbocycles. The van der Waals surface area contributed by atoms with Crippen molar-refractivity contribution in [3.05, 3.63) is 35.6 Å². The predicted octanol–water partition coefficient (Wildman–Crippen LogP) is 3.72. The fourth-order valence-corrected chi connectivity index (χ4v) is 1.67. The number of hydrogen-bond acceptors (Lipinski definition) is 2. The molecule has 0 amide bonds. The van der Waals surface area contributed by atoms with Crippen LogP contribution in [-0.2, 0) is 11.0 Å². The minimum absolute atomic E-state index is 0.380. The van der Waals surface area contributed by atoms with Crippen LogP contribution in [0.4, 0.5) is 17.6 Å². The molecule has 21 heavy (non-hydrogen) atoms. The number of hydrogen-bond donors (Lipinski definition) is 2. The summed E-state index contributed by atoms with van der Waals surface area (Å²) in [4.78, 5) is 10.0. The number of rotatable bonds is 1. The van der Waals surface area contributed by atoms with Gasteiger partial charge in [-0.05, 0) is 18.6 Å². The molecule has 0 spiro atoms. The Bertz CT molecular complexity index is 478. The molecule has 0 bridgehead atoms. The van der Waals surface area contributed by atoms with E-state index in [1.54, 1.807) is 0 Å². The molecule has 3 nitrogen and oxygen atoms in total. The molecule has 1 atom stereocenters. The van der Waals surface area contributed by atoms with E-state index in [-0.39, 0.29) is 0 Å². The first-order valence-corrected chi connectivity index (χ1v) is 6.18. The average Bonchev–Trinajstić information content (AvgIpc) is 3.01. The molecular weight excluding hydrogens is 339 g/mol. The molecule has 2 N–H and O–H groups in total. The lowest BCUT2D eigenvalue weighted by Crippen LogP contribution is -2.07. The summed E-state index contributed by atoms with van der Waals surface area (Å²) in [6.45, 7) is 0. The zero-order valence-corrected chi connectivity index (χ0v) is 12.2. The van der Waals surface area contributed by atoms with Crippen molar-refractivity contribution in [1.82, 2.24) is 0 Å². The van der Waals surface area contributed by atoms with Gasteiger partial charge in [0.1, 0.15) is 10.2 Å². The van der Waals surface area contributed by atoms with E-state index in [4.69, 9.17) is 33.4 Å². The average molecular weight is 351 g/mol. The Kier molecular flexibility index (Phi) is 7.43. The Balaban J connectivity index is 0.000000354. The van der Waals surface area contributed by atoms with Crippen molar-refractivity contribution in [2.45, 2.75) is 16.9 Å². The van der Waals surface area contributed by atoms with Crippen molar-refractivity contribution in [3.8, 4) is 0 Å². The van der Waals surface area contributed by atoms with Crippen molar-refractivity contribution >= 4 is 29.2 Å². The van der Waals surface area contributed by atoms with Gasteiger partial charge < -0.3 is 10.2 Å². The third-order valence-corrected chi connectivity index (χ3v) is 3.14. The highest BCUT2D eigenvalue weighted by Crippen LogP contribution is 2.53. The maximum absolute atomic E-state index is 12.4. The minimum Gasteiger partial charge on any atom is -0.481 e. The van der Waals surface area contributed by atoms with Crippen LogP contribution in [0.3, 0.4) is 0 Å². The van der Waals surface area contributed by atoms with Crippen molar-refractivity contribution in [1.29, 1.82) is 0 Å². The summed E-state index contributed by atoms with van der Waals surface area (Å²) in [6, 6.07) is 3.84. The quantitative estimate of drug-likeness (QED) is 0.599. The fraction of sp³-hybridized carbons (Fsp3) is 0.417. The van der Waals surface area contributed by atoms with Gasteiger partial charge in [0.25, 0.3) is 0 Å². The van der Waals surface area contributed by atoms with Crippen LogP contribution in [-0.4, -0.2) is 27.6 Å². The number of aliphatic carboxylic acids is 1. The smallest absolute Gasteiger partial charge is 0.419 e. The molecule has 1 aromatic rings. The van der Waals surface area contributed by atoms with Crippen molar-refractivity contribution in [3.63, 3.8) is 0 Å². The van der Waals surface area contributed by atoms with Crippen LogP contribution in [0, 0.1) is 11.7 Å². The summed E-state index contributed by atoms with van der Waals surface area (Å²) in [5.41, 5.74) is -1.22. The third kappa shape index (κ3) is 6.50. The Hall–Kier alpha value is -1.05. The van der Waals surface area contributed by atoms with Gasteiger partial charge in [0.2, 0.25) is 0 Å². The number of aliphatic hydroxyl groups excluding tert-OH is 1. The molecule has 0 heterocycles. The van der Waals surface area contributed by atoms with Gasteiger partial charge in [-0.3, -0.25) is 4.79 Å². The predicted molar refractivity (Wildman–Crippen MR) is 69.7 cm³/mol. The first-order chi connectivity index (χ1) is 9.55. The molecular formula is C12H12Cl2F4O3. The van der Waals surface area contributed by atoms with Crippen LogP contribution in [0.1, 0.15) is 12.0 Å². The summed E-state index contributed by atoms with van der Waals surface area (Å²) in [5, 5.41) is 15.2. The molecule has 0 saturated heterocycles. The van der Waals surface area contributed by atoms with E-state index in [2.05, 4.69) is 0 Å². The Morgan fingerprint density at radius 2 is 1.71 bits per heavy atom. The van der Waals surface area contributed by atoms with Gasteiger partial charge in [0, 0.05) is 7.11 Å². The molecule has 9 heteroatoms. The van der Waals surface area contributed by atoms with Crippen LogP contribution in [0.5, 0.6) is 0 Å². The van der Waals surface area contributed by atoms with Gasteiger partial charge in [-0.1, -0.05) is 12.1 Å². The standard InChI is InChI=1S/C7H4F4.C4H4Cl2O2.CH4O/c8-6-4-2-1-3-5(6)7(9,10)11;5-4(6)1-2(4)3(7)8;1-2/h1-4H;2H,1H2,(H,7,8);2H,1H3. The fourth-order valence-electron chi connectivity index (χ4n) is 1.17. The number of halogens is 6. The second kappa shape index (κ2) is 7.82. The molecule has 0 aromatic heterocycles. The van der Waals surface area contributed by atoms with Gasteiger partial charge in [0.05, 0.1) is 11.5 Å². The van der Waals surface area contributed by atoms with Crippen LogP contribution in [0.25, 0.3) is 0 Å². The van der Waals surface area contributed by atoms with Crippen molar-refractivity contribution in [2.75, 3.05) is 7.11 Å². The van der Waals surface area contributed by atoms with Crippen LogP contribution in [0.2, 0.25) is 0 Å². The summed E-state index contributed by atoms with van der Waals surface area (Å²) in [7, 11) is 1.00. The number of benzene rings is 1. The van der Waals surface area contributed by atoms with Gasteiger partial charge in [-0.2, -0.15) is 13.2 Å². The molecule has 1 fully saturated rings. The highest BCUT2D eigenvalue weighted by atomic mass is 35.5. The van der Waals surface area contributed by atoms with E-state index in [0.717, 1.165) is 19.2 Å². The van der Waals surface area contributed by atoms with Gasteiger partial charge >= 0.3 is 12.1 Å². The number of aliphatic hydroxyl groups is 1. The number of carboxylic acids is 1. The molecule has 1 saturated carbocycles. The van der Waals surface area contributed by atoms with E-state index >= 15 is 0 Å². The zero-order valence-electron chi connectivity index (χ0n) is 10.7.